The Balaban J connectivity index is 0.000000352. The second-order valence-electron chi connectivity index (χ2n) is 13.5. The lowest BCUT2D eigenvalue weighted by molar-refractivity contribution is 0.102. The van der Waals surface area contributed by atoms with Crippen LogP contribution in [0.2, 0.25) is 0 Å². The third-order valence-electron chi connectivity index (χ3n) is 8.83. The van der Waals surface area contributed by atoms with E-state index in [9.17, 15) is 41.2 Å². The zero-order valence-corrected chi connectivity index (χ0v) is 35.7. The molecule has 0 heterocycles. The van der Waals surface area contributed by atoms with Gasteiger partial charge in [0, 0.05) is 29.8 Å². The van der Waals surface area contributed by atoms with Crippen LogP contribution in [0.15, 0.2) is 82.6 Å². The van der Waals surface area contributed by atoms with Crippen molar-refractivity contribution in [1.29, 1.82) is 0 Å². The van der Waals surface area contributed by atoms with Crippen molar-refractivity contribution in [1.82, 2.24) is 4.72 Å². The van der Waals surface area contributed by atoms with Gasteiger partial charge in [0.05, 0.1) is 25.3 Å². The minimum atomic E-state index is -4.60. The zero-order valence-electron chi connectivity index (χ0n) is 34.1. The molecule has 0 unspecified atom stereocenters. The summed E-state index contributed by atoms with van der Waals surface area (Å²) < 4.78 is 69.9. The molecule has 15 nitrogen and oxygen atoms in total. The molecule has 324 valence electrons. The van der Waals surface area contributed by atoms with Gasteiger partial charge in [-0.2, -0.15) is 8.42 Å². The van der Waals surface area contributed by atoms with Crippen molar-refractivity contribution in [3.63, 3.8) is 0 Å². The summed E-state index contributed by atoms with van der Waals surface area (Å²) in [5, 5.41) is 20.2. The maximum Gasteiger partial charge on any atom is 0.298 e. The van der Waals surface area contributed by atoms with E-state index in [1.807, 2.05) is 13.8 Å². The van der Waals surface area contributed by atoms with Gasteiger partial charge in [0.2, 0.25) is 10.0 Å². The standard InChI is InChI=1S/C21H28N2O5S.C15H14O6S.C6H16N2/c1-15-7-9-16(10-8-15)21(25)17-13-20(19(28-2)14-18(17)24)29(26,27)23-12-6-4-3-5-11-22;1-9-3-5-10(6-4-9)15(17)11-7-14(22(18,19)20)13(21-2)8-12(11)16;7-5-3-1-2-4-6-8/h7-10,13-14,23-24H,3-6,11-12,22H2,1-2H3;3-8,16H,1-2H3,(H,18,19,20);1-8H2. The molecule has 59 heavy (non-hydrogen) atoms. The van der Waals surface area contributed by atoms with Crippen LogP contribution >= 0.6 is 0 Å². The molecule has 0 aliphatic carbocycles. The number of nitrogens with one attached hydrogen (secondary N) is 1. The van der Waals surface area contributed by atoms with E-state index in [1.165, 1.54) is 27.1 Å². The van der Waals surface area contributed by atoms with E-state index >= 15 is 0 Å². The highest BCUT2D eigenvalue weighted by atomic mass is 32.2. The Kier molecular flexibility index (Phi) is 21.2. The number of rotatable bonds is 20. The van der Waals surface area contributed by atoms with Crippen LogP contribution in [0.4, 0.5) is 0 Å². The summed E-state index contributed by atoms with van der Waals surface area (Å²) in [6.07, 6.45) is 8.18. The topological polar surface area (TPSA) is 272 Å². The molecule has 0 aliphatic heterocycles. The minimum absolute atomic E-state index is 0.0291. The van der Waals surface area contributed by atoms with E-state index in [0.29, 0.717) is 18.5 Å². The Labute approximate surface area is 347 Å². The predicted octanol–water partition coefficient (Wildman–Crippen LogP) is 5.39. The number of benzene rings is 4. The molecule has 0 spiro atoms. The first kappa shape index (κ1) is 50.3. The number of methoxy groups -OCH3 is 2. The van der Waals surface area contributed by atoms with E-state index in [2.05, 4.69) is 4.72 Å². The number of aryl methyl sites for hydroxylation is 2. The summed E-state index contributed by atoms with van der Waals surface area (Å²) in [5.74, 6) is -2.09. The molecule has 0 bridgehead atoms. The SMILES string of the molecule is COc1cc(O)c(C(=O)c2ccc(C)cc2)cc1S(=O)(=O)NCCCCCCN.COc1cc(O)c(C(=O)c2ccc(C)cc2)cc1S(=O)(=O)O.NCCCCCCN. The van der Waals surface area contributed by atoms with Gasteiger partial charge in [0.1, 0.15) is 32.8 Å². The molecule has 10 N–H and O–H groups in total. The largest absolute Gasteiger partial charge is 0.507 e. The van der Waals surface area contributed by atoms with Crippen molar-refractivity contribution in [2.24, 2.45) is 17.2 Å². The summed E-state index contributed by atoms with van der Waals surface area (Å²) in [6.45, 7) is 6.28. The van der Waals surface area contributed by atoms with E-state index in [1.54, 1.807) is 48.5 Å². The molecular weight excluding hydrogens is 801 g/mol. The van der Waals surface area contributed by atoms with Crippen molar-refractivity contribution in [2.75, 3.05) is 40.4 Å². The number of carbonyl (C=O) groups excluding carboxylic acids is 2. The van der Waals surface area contributed by atoms with Gasteiger partial charge < -0.3 is 36.9 Å². The van der Waals surface area contributed by atoms with E-state index in [-0.39, 0.29) is 45.4 Å². The number of hydrogen-bond donors (Lipinski definition) is 7. The fourth-order valence-electron chi connectivity index (χ4n) is 5.46. The van der Waals surface area contributed by atoms with Crippen LogP contribution < -0.4 is 31.4 Å². The summed E-state index contributed by atoms with van der Waals surface area (Å²) >= 11 is 0. The summed E-state index contributed by atoms with van der Waals surface area (Å²) in [4.78, 5) is 24.4. The highest BCUT2D eigenvalue weighted by Crippen LogP contribution is 2.34. The number of sulfonamides is 1. The van der Waals surface area contributed by atoms with Crippen LogP contribution in [0.5, 0.6) is 23.0 Å². The number of unbranched alkanes of at least 4 members (excludes halogenated alkanes) is 6. The molecule has 0 radical (unpaired) electrons. The summed E-state index contributed by atoms with van der Waals surface area (Å²) in [5.41, 5.74) is 18.2. The van der Waals surface area contributed by atoms with Crippen LogP contribution in [0.3, 0.4) is 0 Å². The first-order chi connectivity index (χ1) is 27.9. The Morgan fingerprint density at radius 3 is 1.29 bits per heavy atom. The molecule has 4 aromatic rings. The van der Waals surface area contributed by atoms with Crippen LogP contribution in [0.25, 0.3) is 0 Å². The first-order valence-electron chi connectivity index (χ1n) is 19.1. The molecule has 0 saturated heterocycles. The van der Waals surface area contributed by atoms with E-state index < -0.39 is 42.4 Å². The van der Waals surface area contributed by atoms with Gasteiger partial charge in [-0.3, -0.25) is 14.1 Å². The molecule has 0 saturated carbocycles. The number of phenols is 2. The monoisotopic (exact) mass is 858 g/mol. The number of aromatic hydroxyl groups is 2. The molecule has 4 rings (SSSR count). The van der Waals surface area contributed by atoms with Crippen LogP contribution in [-0.2, 0) is 20.1 Å². The van der Waals surface area contributed by atoms with Crippen LogP contribution in [-0.4, -0.2) is 83.6 Å². The van der Waals surface area contributed by atoms with Gasteiger partial charge in [-0.15, -0.1) is 0 Å². The normalized spacial score (nSPS) is 11.1. The second kappa shape index (κ2) is 24.9. The maximum absolute atomic E-state index is 12.8. The summed E-state index contributed by atoms with van der Waals surface area (Å²) in [7, 11) is -6.02. The molecule has 0 amide bonds. The maximum atomic E-state index is 12.8. The zero-order chi connectivity index (χ0) is 44.2. The lowest BCUT2D eigenvalue weighted by Gasteiger charge is -2.14. The number of phenolic OH excluding ortho intramolecular Hbond substituents is 2. The van der Waals surface area contributed by atoms with E-state index in [4.69, 9.17) is 26.7 Å². The minimum Gasteiger partial charge on any atom is -0.507 e. The lowest BCUT2D eigenvalue weighted by atomic mass is 10.0. The fraction of sp³-hybridized carbons (Fsp3) is 0.381. The second-order valence-corrected chi connectivity index (χ2v) is 16.6. The first-order valence-corrected chi connectivity index (χ1v) is 22.0. The van der Waals surface area contributed by atoms with Crippen molar-refractivity contribution in [2.45, 2.75) is 75.0 Å². The van der Waals surface area contributed by atoms with Crippen molar-refractivity contribution >= 4 is 31.7 Å². The van der Waals surface area contributed by atoms with Gasteiger partial charge in [-0.25, -0.2) is 13.1 Å². The van der Waals surface area contributed by atoms with Gasteiger partial charge >= 0.3 is 0 Å². The van der Waals surface area contributed by atoms with E-state index in [0.717, 1.165) is 80.6 Å². The highest BCUT2D eigenvalue weighted by Gasteiger charge is 2.26. The third-order valence-corrected chi connectivity index (χ3v) is 11.2. The Bertz CT molecular complexity index is 2170. The third kappa shape index (κ3) is 16.0. The predicted molar refractivity (Wildman–Crippen MR) is 228 cm³/mol. The molecule has 0 aliphatic rings. The van der Waals surface area contributed by atoms with Crippen molar-refractivity contribution in [3.05, 3.63) is 106 Å². The van der Waals surface area contributed by atoms with Gasteiger partial charge in [-0.05, 0) is 71.3 Å². The Hall–Kier alpha value is -4.88. The van der Waals surface area contributed by atoms with Gasteiger partial charge in [0.15, 0.2) is 11.6 Å². The number of carbonyl (C=O) groups is 2. The average molecular weight is 859 g/mol. The molecule has 0 atom stereocenters. The van der Waals surface area contributed by atoms with Crippen molar-refractivity contribution < 1.29 is 50.7 Å². The number of ether oxygens (including phenoxy) is 2. The fourth-order valence-corrected chi connectivity index (χ4v) is 7.38. The van der Waals surface area contributed by atoms with Crippen LogP contribution in [0, 0.1) is 13.8 Å². The molecule has 4 aromatic carbocycles. The lowest BCUT2D eigenvalue weighted by Crippen LogP contribution is -2.25. The Morgan fingerprint density at radius 2 is 0.932 bits per heavy atom. The highest BCUT2D eigenvalue weighted by molar-refractivity contribution is 7.89. The number of ketones is 2. The molecule has 0 fully saturated rings. The number of nitrogens with two attached hydrogens (primary N) is 3. The summed E-state index contributed by atoms with van der Waals surface area (Å²) in [6, 6.07) is 17.6. The Morgan fingerprint density at radius 1 is 0.576 bits per heavy atom. The molecule has 17 heteroatoms. The van der Waals surface area contributed by atoms with Crippen molar-refractivity contribution in [3.8, 4) is 23.0 Å². The molecule has 0 aromatic heterocycles. The quantitative estimate of drug-likeness (QED) is 0.0334. The molecular formula is C42H58N4O11S2. The van der Waals surface area contributed by atoms with Crippen LogP contribution in [0.1, 0.15) is 94.3 Å². The van der Waals surface area contributed by atoms with Gasteiger partial charge in [0.25, 0.3) is 10.1 Å². The van der Waals surface area contributed by atoms with Gasteiger partial charge in [-0.1, -0.05) is 85.3 Å². The number of hydrogen-bond acceptors (Lipinski definition) is 13. The average Bonchev–Trinajstić information content (AvgIpc) is 3.20. The smallest absolute Gasteiger partial charge is 0.298 e.